The van der Waals surface area contributed by atoms with Crippen LogP contribution < -0.4 is 16.0 Å². The maximum atomic E-state index is 12.8. The first-order valence-electron chi connectivity index (χ1n) is 10.1. The molecule has 0 spiro atoms. The van der Waals surface area contributed by atoms with Gasteiger partial charge in [0, 0.05) is 30.3 Å². The number of allylic oxidation sites excluding steroid dienone is 2. The minimum absolute atomic E-state index is 0.0757. The van der Waals surface area contributed by atoms with Gasteiger partial charge in [-0.3, -0.25) is 8.77 Å². The number of carbonyl (C=O) groups excluding carboxylic acids is 1. The first-order chi connectivity index (χ1) is 15.1. The van der Waals surface area contributed by atoms with Crippen LogP contribution in [0.3, 0.4) is 0 Å². The fraction of sp³-hybridized carbons (Fsp3) is 0.333. The number of amides is 1. The Labute approximate surface area is 191 Å². The maximum absolute atomic E-state index is 12.8. The topological polar surface area (TPSA) is 107 Å². The molecule has 31 heavy (non-hydrogen) atoms. The third-order valence-corrected chi connectivity index (χ3v) is 6.04. The number of nitriles is 1. The Bertz CT molecular complexity index is 1090. The van der Waals surface area contributed by atoms with E-state index in [2.05, 4.69) is 63.1 Å². The summed E-state index contributed by atoms with van der Waals surface area (Å²) in [6, 6.07) is 8.07. The third-order valence-electron chi connectivity index (χ3n) is 5.54. The SMILES string of the molecule is N#Cc1cn(S)c(C(=O)Nc2ccc(C3CNC(=NS)NC3)cc2C2=CCCCC2)n1. The molecule has 4 rings (SSSR count). The molecule has 0 bridgehead atoms. The summed E-state index contributed by atoms with van der Waals surface area (Å²) in [7, 11) is 0. The predicted molar refractivity (Wildman–Crippen MR) is 127 cm³/mol. The number of nitrogens with one attached hydrogen (secondary N) is 3. The second-order valence-electron chi connectivity index (χ2n) is 7.55. The van der Waals surface area contributed by atoms with E-state index in [0.29, 0.717) is 5.96 Å². The summed E-state index contributed by atoms with van der Waals surface area (Å²) in [5.41, 5.74) is 4.32. The Morgan fingerprint density at radius 2 is 2.13 bits per heavy atom. The van der Waals surface area contributed by atoms with Gasteiger partial charge in [0.05, 0.1) is 6.20 Å². The van der Waals surface area contributed by atoms with Crippen molar-refractivity contribution < 1.29 is 4.79 Å². The lowest BCUT2D eigenvalue weighted by atomic mass is 9.88. The molecule has 10 heteroatoms. The molecule has 3 N–H and O–H groups in total. The van der Waals surface area contributed by atoms with Gasteiger partial charge in [-0.2, -0.15) is 9.66 Å². The van der Waals surface area contributed by atoms with E-state index in [-0.39, 0.29) is 17.4 Å². The molecule has 8 nitrogen and oxygen atoms in total. The Hall–Kier alpha value is -2.90. The average molecular weight is 454 g/mol. The van der Waals surface area contributed by atoms with Crippen molar-refractivity contribution in [2.45, 2.75) is 31.6 Å². The monoisotopic (exact) mass is 453 g/mol. The fourth-order valence-electron chi connectivity index (χ4n) is 3.91. The molecule has 160 valence electrons. The Morgan fingerprint density at radius 3 is 2.77 bits per heavy atom. The van der Waals surface area contributed by atoms with Gasteiger partial charge in [-0.15, -0.1) is 0 Å². The number of guanidine groups is 1. The van der Waals surface area contributed by atoms with Gasteiger partial charge in [-0.25, -0.2) is 4.98 Å². The van der Waals surface area contributed by atoms with Crippen molar-refractivity contribution in [3.05, 3.63) is 53.1 Å². The number of nitrogens with zero attached hydrogens (tertiary/aromatic N) is 4. The van der Waals surface area contributed by atoms with Gasteiger partial charge >= 0.3 is 0 Å². The number of imidazole rings is 1. The van der Waals surface area contributed by atoms with Crippen molar-refractivity contribution in [3.8, 4) is 6.07 Å². The number of hydrogen-bond acceptors (Lipinski definition) is 6. The molecular formula is C21H23N7OS2. The van der Waals surface area contributed by atoms with Crippen molar-refractivity contribution in [1.29, 1.82) is 5.26 Å². The molecule has 2 heterocycles. The van der Waals surface area contributed by atoms with Crippen LogP contribution in [0.4, 0.5) is 5.69 Å². The Morgan fingerprint density at radius 1 is 1.32 bits per heavy atom. The molecule has 0 unspecified atom stereocenters. The van der Waals surface area contributed by atoms with E-state index >= 15 is 0 Å². The summed E-state index contributed by atoms with van der Waals surface area (Å²) < 4.78 is 5.12. The minimum atomic E-state index is -0.405. The van der Waals surface area contributed by atoms with Crippen LogP contribution in [0.25, 0.3) is 5.57 Å². The zero-order valence-corrected chi connectivity index (χ0v) is 18.6. The number of thiol groups is 2. The zero-order chi connectivity index (χ0) is 21.8. The van der Waals surface area contributed by atoms with Crippen molar-refractivity contribution >= 4 is 48.8 Å². The molecule has 1 aliphatic heterocycles. The number of aromatic nitrogens is 2. The molecule has 1 amide bonds. The largest absolute Gasteiger partial charge is 0.355 e. The summed E-state index contributed by atoms with van der Waals surface area (Å²) in [5.74, 6) is 0.614. The van der Waals surface area contributed by atoms with E-state index in [0.717, 1.165) is 43.6 Å². The van der Waals surface area contributed by atoms with Crippen molar-refractivity contribution in [2.24, 2.45) is 4.40 Å². The fourth-order valence-corrected chi connectivity index (χ4v) is 4.30. The molecule has 0 radical (unpaired) electrons. The van der Waals surface area contributed by atoms with Crippen molar-refractivity contribution in [2.75, 3.05) is 18.4 Å². The number of anilines is 1. The first kappa shape index (κ1) is 21.3. The van der Waals surface area contributed by atoms with Gasteiger partial charge in [0.15, 0.2) is 5.69 Å². The molecule has 1 aromatic carbocycles. The molecule has 0 atom stereocenters. The van der Waals surface area contributed by atoms with Crippen LogP contribution in [0.1, 0.15) is 59.0 Å². The summed E-state index contributed by atoms with van der Waals surface area (Å²) in [4.78, 5) is 16.9. The highest BCUT2D eigenvalue weighted by Gasteiger charge is 2.22. The van der Waals surface area contributed by atoms with E-state index in [4.69, 9.17) is 5.26 Å². The van der Waals surface area contributed by atoms with Gasteiger partial charge in [-0.1, -0.05) is 25.0 Å². The molecule has 2 aromatic rings. The lowest BCUT2D eigenvalue weighted by molar-refractivity contribution is 0.101. The van der Waals surface area contributed by atoms with Gasteiger partial charge in [0.2, 0.25) is 11.8 Å². The van der Waals surface area contributed by atoms with Crippen molar-refractivity contribution in [3.63, 3.8) is 0 Å². The number of rotatable bonds is 4. The number of benzene rings is 1. The van der Waals surface area contributed by atoms with E-state index in [1.54, 1.807) is 0 Å². The first-order valence-corrected chi connectivity index (χ1v) is 10.9. The second-order valence-corrected chi connectivity index (χ2v) is 8.18. The molecular weight excluding hydrogens is 430 g/mol. The van der Waals surface area contributed by atoms with Crippen molar-refractivity contribution in [1.82, 2.24) is 19.6 Å². The predicted octanol–water partition coefficient (Wildman–Crippen LogP) is 3.13. The van der Waals surface area contributed by atoms with Crippen LogP contribution in [0, 0.1) is 11.3 Å². The zero-order valence-electron chi connectivity index (χ0n) is 16.8. The Balaban J connectivity index is 1.63. The highest BCUT2D eigenvalue weighted by molar-refractivity contribution is 7.79. The van der Waals surface area contributed by atoms with Gasteiger partial charge in [-0.05, 0) is 61.8 Å². The third kappa shape index (κ3) is 4.73. The maximum Gasteiger partial charge on any atom is 0.292 e. The smallest absolute Gasteiger partial charge is 0.292 e. The molecule has 2 aliphatic rings. The van der Waals surface area contributed by atoms with Crippen LogP contribution in [0.5, 0.6) is 0 Å². The number of hydrogen-bond donors (Lipinski definition) is 5. The Kier molecular flexibility index (Phi) is 6.53. The van der Waals surface area contributed by atoms with Gasteiger partial charge in [0.1, 0.15) is 6.07 Å². The highest BCUT2D eigenvalue weighted by Crippen LogP contribution is 2.34. The molecule has 1 saturated heterocycles. The van der Waals surface area contributed by atoms with Crippen LogP contribution >= 0.6 is 25.6 Å². The minimum Gasteiger partial charge on any atom is -0.355 e. The molecule has 1 aromatic heterocycles. The lowest BCUT2D eigenvalue weighted by Crippen LogP contribution is -2.47. The van der Waals surface area contributed by atoms with Crippen LogP contribution in [0.2, 0.25) is 0 Å². The second kappa shape index (κ2) is 9.49. The van der Waals surface area contributed by atoms with Gasteiger partial charge < -0.3 is 16.0 Å². The quantitative estimate of drug-likeness (QED) is 0.457. The van der Waals surface area contributed by atoms with Crippen LogP contribution in [-0.4, -0.2) is 33.9 Å². The molecule has 0 saturated carbocycles. The summed E-state index contributed by atoms with van der Waals surface area (Å²) >= 11 is 8.15. The average Bonchev–Trinajstić information content (AvgIpc) is 3.21. The van der Waals surface area contributed by atoms with E-state index in [1.165, 1.54) is 27.7 Å². The highest BCUT2D eigenvalue weighted by atomic mass is 32.1. The molecule has 1 aliphatic carbocycles. The summed E-state index contributed by atoms with van der Waals surface area (Å²) in [6.07, 6.45) is 7.99. The molecule has 1 fully saturated rings. The van der Waals surface area contributed by atoms with Crippen LogP contribution in [0.15, 0.2) is 34.9 Å². The summed E-state index contributed by atoms with van der Waals surface area (Å²) in [5, 5.41) is 18.5. The van der Waals surface area contributed by atoms with E-state index in [1.807, 2.05) is 18.2 Å². The summed E-state index contributed by atoms with van der Waals surface area (Å²) in [6.45, 7) is 1.51. The van der Waals surface area contributed by atoms with E-state index < -0.39 is 5.91 Å². The number of carbonyl (C=O) groups is 1. The van der Waals surface area contributed by atoms with E-state index in [9.17, 15) is 4.79 Å². The standard InChI is InChI=1S/C21H23N7OS2/c22-9-16-12-28(31)19(25-16)20(29)26-18-7-6-14(15-10-23-21(27-30)24-11-15)8-17(18)13-4-2-1-3-5-13/h4,6-8,12,15,30-31H,1-3,5,10-11H2,(H,26,29)(H2,23,24,27). The van der Waals surface area contributed by atoms with Gasteiger partial charge in [0.25, 0.3) is 5.91 Å². The van der Waals surface area contributed by atoms with Crippen LogP contribution in [-0.2, 0) is 0 Å². The normalized spacial score (nSPS) is 18.3. The lowest BCUT2D eigenvalue weighted by Gasteiger charge is -2.27.